The van der Waals surface area contributed by atoms with Gasteiger partial charge in [0.15, 0.2) is 0 Å². The Hall–Kier alpha value is -3.09. The van der Waals surface area contributed by atoms with Gasteiger partial charge in [0.1, 0.15) is 11.6 Å². The van der Waals surface area contributed by atoms with Gasteiger partial charge in [-0.05, 0) is 40.6 Å². The van der Waals surface area contributed by atoms with E-state index in [2.05, 4.69) is 5.32 Å². The van der Waals surface area contributed by atoms with Crippen LogP contribution < -0.4 is 5.32 Å². The van der Waals surface area contributed by atoms with E-state index in [1.54, 1.807) is 30.3 Å². The lowest BCUT2D eigenvalue weighted by atomic mass is 10.0. The number of nitrogens with zero attached hydrogens (tertiary/aromatic N) is 1. The lowest BCUT2D eigenvalue weighted by Crippen LogP contribution is -2.13. The van der Waals surface area contributed by atoms with Gasteiger partial charge in [-0.3, -0.25) is 4.79 Å². The zero-order chi connectivity index (χ0) is 16.9. The molecule has 4 heteroatoms. The summed E-state index contributed by atoms with van der Waals surface area (Å²) in [5.41, 5.74) is 1.41. The second-order valence-corrected chi connectivity index (χ2v) is 5.64. The Morgan fingerprint density at radius 1 is 1.04 bits per heavy atom. The first-order valence-corrected chi connectivity index (χ1v) is 7.71. The minimum Gasteiger partial charge on any atom is -0.321 e. The largest absolute Gasteiger partial charge is 0.321 e. The molecule has 3 aromatic rings. The van der Waals surface area contributed by atoms with Gasteiger partial charge >= 0.3 is 0 Å². The van der Waals surface area contributed by atoms with Crippen molar-refractivity contribution in [2.45, 2.75) is 0 Å². The van der Waals surface area contributed by atoms with Crippen LogP contribution in [0.3, 0.4) is 0 Å². The third-order valence-corrected chi connectivity index (χ3v) is 3.81. The maximum Gasteiger partial charge on any atom is 0.266 e. The molecular weight excluding hydrogens is 320 g/mol. The second-order valence-electron chi connectivity index (χ2n) is 5.20. The number of hydrogen-bond acceptors (Lipinski definition) is 2. The van der Waals surface area contributed by atoms with Gasteiger partial charge in [0.25, 0.3) is 5.91 Å². The summed E-state index contributed by atoms with van der Waals surface area (Å²) >= 11 is 5.91. The van der Waals surface area contributed by atoms with Crippen molar-refractivity contribution < 1.29 is 4.79 Å². The predicted octanol–water partition coefficient (Wildman–Crippen LogP) is 5.04. The van der Waals surface area contributed by atoms with Crippen LogP contribution in [-0.2, 0) is 4.79 Å². The number of carbonyl (C=O) groups is 1. The number of nitriles is 1. The highest BCUT2D eigenvalue weighted by Gasteiger charge is 2.10. The Labute approximate surface area is 144 Å². The molecule has 116 valence electrons. The van der Waals surface area contributed by atoms with E-state index >= 15 is 0 Å². The number of nitrogens with one attached hydrogen (secondary N) is 1. The molecule has 3 nitrogen and oxygen atoms in total. The topological polar surface area (TPSA) is 52.9 Å². The smallest absolute Gasteiger partial charge is 0.266 e. The highest BCUT2D eigenvalue weighted by Crippen LogP contribution is 2.21. The molecule has 0 saturated heterocycles. The van der Waals surface area contributed by atoms with Gasteiger partial charge in [-0.2, -0.15) is 5.26 Å². The molecule has 0 bridgehead atoms. The fourth-order valence-corrected chi connectivity index (χ4v) is 2.64. The third kappa shape index (κ3) is 3.45. The normalized spacial score (nSPS) is 11.1. The first kappa shape index (κ1) is 15.8. The fraction of sp³-hybridized carbons (Fsp3) is 0. The highest BCUT2D eigenvalue weighted by molar-refractivity contribution is 6.31. The van der Waals surface area contributed by atoms with Crippen LogP contribution in [0.4, 0.5) is 5.69 Å². The molecule has 0 aliphatic carbocycles. The van der Waals surface area contributed by atoms with E-state index in [1.165, 1.54) is 0 Å². The summed E-state index contributed by atoms with van der Waals surface area (Å²) in [7, 11) is 0. The number of halogens is 1. The van der Waals surface area contributed by atoms with E-state index in [-0.39, 0.29) is 5.57 Å². The van der Waals surface area contributed by atoms with Crippen molar-refractivity contribution in [1.82, 2.24) is 0 Å². The number of carbonyl (C=O) groups excluding carboxylic acids is 1. The van der Waals surface area contributed by atoms with Crippen LogP contribution in [0.25, 0.3) is 16.8 Å². The summed E-state index contributed by atoms with van der Waals surface area (Å²) in [6, 6.07) is 22.4. The summed E-state index contributed by atoms with van der Waals surface area (Å²) in [6.45, 7) is 0. The van der Waals surface area contributed by atoms with Crippen molar-refractivity contribution in [3.05, 3.63) is 82.9 Å². The maximum atomic E-state index is 12.4. The number of anilines is 1. The van der Waals surface area contributed by atoms with E-state index in [4.69, 9.17) is 11.6 Å². The van der Waals surface area contributed by atoms with Crippen molar-refractivity contribution >= 4 is 40.0 Å². The molecule has 24 heavy (non-hydrogen) atoms. The molecule has 0 unspecified atom stereocenters. The molecule has 0 aliphatic rings. The SMILES string of the molecule is N#C/C(=C\c1cccc2ccccc12)C(=O)Nc1cccc(Cl)c1. The van der Waals surface area contributed by atoms with Crippen LogP contribution in [0, 0.1) is 11.3 Å². The van der Waals surface area contributed by atoms with Crippen LogP contribution in [0.5, 0.6) is 0 Å². The number of fused-ring (bicyclic) bond motifs is 1. The molecule has 0 saturated carbocycles. The van der Waals surface area contributed by atoms with Gasteiger partial charge in [0.05, 0.1) is 0 Å². The van der Waals surface area contributed by atoms with Crippen molar-refractivity contribution in [3.63, 3.8) is 0 Å². The van der Waals surface area contributed by atoms with Gasteiger partial charge in [-0.15, -0.1) is 0 Å². The van der Waals surface area contributed by atoms with Gasteiger partial charge < -0.3 is 5.32 Å². The number of rotatable bonds is 3. The Morgan fingerprint density at radius 3 is 2.58 bits per heavy atom. The van der Waals surface area contributed by atoms with Gasteiger partial charge in [-0.1, -0.05) is 60.1 Å². The highest BCUT2D eigenvalue weighted by atomic mass is 35.5. The predicted molar refractivity (Wildman–Crippen MR) is 97.6 cm³/mol. The quantitative estimate of drug-likeness (QED) is 0.539. The van der Waals surface area contributed by atoms with Crippen molar-refractivity contribution in [1.29, 1.82) is 5.26 Å². The summed E-state index contributed by atoms with van der Waals surface area (Å²) in [6.07, 6.45) is 1.60. The Bertz CT molecular complexity index is 981. The Balaban J connectivity index is 1.94. The standard InChI is InChI=1S/C20H13ClN2O/c21-17-8-4-9-18(12-17)23-20(24)16(13-22)11-15-7-3-6-14-5-1-2-10-19(14)15/h1-12H,(H,23,24)/b16-11+. The molecule has 1 N–H and O–H groups in total. The third-order valence-electron chi connectivity index (χ3n) is 3.57. The fourth-order valence-electron chi connectivity index (χ4n) is 2.45. The zero-order valence-electron chi connectivity index (χ0n) is 12.7. The van der Waals surface area contributed by atoms with Gasteiger partial charge in [0, 0.05) is 10.7 Å². The molecular formula is C20H13ClN2O. The molecule has 0 spiro atoms. The van der Waals surface area contributed by atoms with Crippen LogP contribution in [-0.4, -0.2) is 5.91 Å². The zero-order valence-corrected chi connectivity index (χ0v) is 13.4. The first-order chi connectivity index (χ1) is 11.7. The van der Waals surface area contributed by atoms with Crippen LogP contribution in [0.2, 0.25) is 5.02 Å². The average Bonchev–Trinajstić information content (AvgIpc) is 2.59. The van der Waals surface area contributed by atoms with E-state index in [0.29, 0.717) is 10.7 Å². The van der Waals surface area contributed by atoms with Crippen molar-refractivity contribution in [2.75, 3.05) is 5.32 Å². The monoisotopic (exact) mass is 332 g/mol. The summed E-state index contributed by atoms with van der Waals surface area (Å²) in [5, 5.41) is 14.6. The molecule has 1 amide bonds. The average molecular weight is 333 g/mol. The summed E-state index contributed by atoms with van der Waals surface area (Å²) in [5.74, 6) is -0.465. The Morgan fingerprint density at radius 2 is 1.79 bits per heavy atom. The first-order valence-electron chi connectivity index (χ1n) is 7.34. The molecule has 0 fully saturated rings. The summed E-state index contributed by atoms with van der Waals surface area (Å²) < 4.78 is 0. The molecule has 0 atom stereocenters. The summed E-state index contributed by atoms with van der Waals surface area (Å²) in [4.78, 5) is 12.4. The van der Waals surface area contributed by atoms with Gasteiger partial charge in [0.2, 0.25) is 0 Å². The van der Waals surface area contributed by atoms with Crippen molar-refractivity contribution in [2.24, 2.45) is 0 Å². The molecule has 3 rings (SSSR count). The minimum absolute atomic E-state index is 0.0336. The number of benzene rings is 3. The second kappa shape index (κ2) is 6.99. The lowest BCUT2D eigenvalue weighted by Gasteiger charge is -2.06. The van der Waals surface area contributed by atoms with Crippen LogP contribution in [0.1, 0.15) is 5.56 Å². The molecule has 3 aromatic carbocycles. The van der Waals surface area contributed by atoms with Crippen LogP contribution in [0.15, 0.2) is 72.3 Å². The van der Waals surface area contributed by atoms with E-state index in [9.17, 15) is 10.1 Å². The lowest BCUT2D eigenvalue weighted by molar-refractivity contribution is -0.112. The molecule has 0 radical (unpaired) electrons. The Kier molecular flexibility index (Phi) is 4.60. The molecule has 0 heterocycles. The van der Waals surface area contributed by atoms with E-state index in [1.807, 2.05) is 48.5 Å². The maximum absolute atomic E-state index is 12.4. The van der Waals surface area contributed by atoms with Crippen LogP contribution >= 0.6 is 11.6 Å². The molecule has 0 aliphatic heterocycles. The van der Waals surface area contributed by atoms with Crippen molar-refractivity contribution in [3.8, 4) is 6.07 Å². The number of amides is 1. The number of hydrogen-bond donors (Lipinski definition) is 1. The van der Waals surface area contributed by atoms with E-state index < -0.39 is 5.91 Å². The molecule has 0 aromatic heterocycles. The minimum atomic E-state index is -0.465. The van der Waals surface area contributed by atoms with E-state index in [0.717, 1.165) is 16.3 Å². The van der Waals surface area contributed by atoms with Gasteiger partial charge in [-0.25, -0.2) is 0 Å².